The fourth-order valence-corrected chi connectivity index (χ4v) is 3.03. The molecule has 0 unspecified atom stereocenters. The number of carbonyl (C=O) groups is 2. The Morgan fingerprint density at radius 3 is 2.34 bits per heavy atom. The average Bonchev–Trinajstić information content (AvgIpc) is 2.75. The zero-order valence-electron chi connectivity index (χ0n) is 15.3. The van der Waals surface area contributed by atoms with Gasteiger partial charge in [0.25, 0.3) is 11.8 Å². The van der Waals surface area contributed by atoms with Crippen molar-refractivity contribution in [2.75, 3.05) is 20.3 Å². The van der Waals surface area contributed by atoms with Gasteiger partial charge in [0, 0.05) is 0 Å². The van der Waals surface area contributed by atoms with Crippen LogP contribution in [0.1, 0.15) is 5.56 Å². The van der Waals surface area contributed by atoms with Gasteiger partial charge in [0.1, 0.15) is 17.6 Å². The van der Waals surface area contributed by atoms with Gasteiger partial charge in [-0.05, 0) is 36.4 Å². The molecule has 2 aromatic carbocycles. The first-order chi connectivity index (χ1) is 13.9. The van der Waals surface area contributed by atoms with E-state index in [1.54, 1.807) is 12.1 Å². The normalized spacial score (nSPS) is 10.5. The van der Waals surface area contributed by atoms with Gasteiger partial charge >= 0.3 is 0 Å². The summed E-state index contributed by atoms with van der Waals surface area (Å²) in [6.07, 6.45) is 0. The number of rotatable bonds is 8. The average molecular weight is 418 g/mol. The van der Waals surface area contributed by atoms with Gasteiger partial charge in [0.2, 0.25) is 10.0 Å². The third-order valence-corrected chi connectivity index (χ3v) is 4.92. The highest BCUT2D eigenvalue weighted by Gasteiger charge is 2.16. The fourth-order valence-electron chi connectivity index (χ4n) is 2.05. The third-order valence-electron chi connectivity index (χ3n) is 3.50. The Balaban J connectivity index is 1.77. The van der Waals surface area contributed by atoms with Crippen molar-refractivity contribution < 1.29 is 27.5 Å². The fraction of sp³-hybridized carbons (Fsp3) is 0.167. The van der Waals surface area contributed by atoms with E-state index < -0.39 is 35.0 Å². The minimum Gasteiger partial charge on any atom is -0.497 e. The van der Waals surface area contributed by atoms with Gasteiger partial charge in [-0.3, -0.25) is 20.4 Å². The molecular weight excluding hydrogens is 400 g/mol. The van der Waals surface area contributed by atoms with E-state index in [4.69, 9.17) is 14.7 Å². The monoisotopic (exact) mass is 418 g/mol. The summed E-state index contributed by atoms with van der Waals surface area (Å²) in [5, 5.41) is 8.94. The van der Waals surface area contributed by atoms with Crippen LogP contribution >= 0.6 is 0 Å². The smallest absolute Gasteiger partial charge is 0.276 e. The van der Waals surface area contributed by atoms with E-state index in [0.29, 0.717) is 5.75 Å². The second-order valence-electron chi connectivity index (χ2n) is 5.49. The zero-order valence-corrected chi connectivity index (χ0v) is 16.2. The number of benzene rings is 2. The molecule has 0 fully saturated rings. The highest BCUT2D eigenvalue weighted by Crippen LogP contribution is 2.16. The highest BCUT2D eigenvalue weighted by molar-refractivity contribution is 7.89. The van der Waals surface area contributed by atoms with Crippen molar-refractivity contribution in [2.24, 2.45) is 0 Å². The molecule has 0 saturated carbocycles. The van der Waals surface area contributed by atoms with E-state index in [0.717, 1.165) is 0 Å². The maximum atomic E-state index is 12.1. The molecule has 0 bridgehead atoms. The van der Waals surface area contributed by atoms with Crippen LogP contribution in [0.15, 0.2) is 53.4 Å². The van der Waals surface area contributed by atoms with E-state index in [9.17, 15) is 18.0 Å². The first-order valence-corrected chi connectivity index (χ1v) is 9.67. The van der Waals surface area contributed by atoms with Crippen LogP contribution in [0.25, 0.3) is 0 Å². The van der Waals surface area contributed by atoms with Crippen molar-refractivity contribution in [3.05, 3.63) is 54.1 Å². The minimum atomic E-state index is -3.91. The number of nitriles is 1. The van der Waals surface area contributed by atoms with Gasteiger partial charge in [-0.2, -0.15) is 5.26 Å². The van der Waals surface area contributed by atoms with Gasteiger partial charge in [-0.1, -0.05) is 12.1 Å². The van der Waals surface area contributed by atoms with Crippen LogP contribution in [-0.2, 0) is 19.6 Å². The Morgan fingerprint density at radius 1 is 1.03 bits per heavy atom. The lowest BCUT2D eigenvalue weighted by molar-refractivity contribution is -0.129. The predicted octanol–water partition coefficient (Wildman–Crippen LogP) is 0.0716. The molecule has 0 spiro atoms. The molecule has 11 heteroatoms. The first-order valence-electron chi connectivity index (χ1n) is 8.19. The summed E-state index contributed by atoms with van der Waals surface area (Å²) in [4.78, 5) is 23.4. The molecule has 0 radical (unpaired) electrons. The molecule has 0 aliphatic rings. The standard InChI is InChI=1S/C18H18N4O6S/c1-27-14-6-8-15(9-7-14)29(25,26)20-11-17(23)21-22-18(24)12-28-16-5-3-2-4-13(16)10-19/h2-9,20H,11-12H2,1H3,(H,21,23)(H,22,24). The number of amides is 2. The largest absolute Gasteiger partial charge is 0.497 e. The number of hydrazine groups is 1. The molecular formula is C18H18N4O6S. The van der Waals surface area contributed by atoms with Crippen molar-refractivity contribution in [3.8, 4) is 17.6 Å². The minimum absolute atomic E-state index is 0.0420. The van der Waals surface area contributed by atoms with Crippen LogP contribution in [-0.4, -0.2) is 40.5 Å². The lowest BCUT2D eigenvalue weighted by Gasteiger charge is -2.10. The van der Waals surface area contributed by atoms with Crippen molar-refractivity contribution in [2.45, 2.75) is 4.90 Å². The molecule has 0 aliphatic carbocycles. The molecule has 29 heavy (non-hydrogen) atoms. The number of sulfonamides is 1. The molecule has 3 N–H and O–H groups in total. The third kappa shape index (κ3) is 6.49. The van der Waals surface area contributed by atoms with E-state index in [2.05, 4.69) is 15.6 Å². The van der Waals surface area contributed by atoms with Crippen LogP contribution in [0.3, 0.4) is 0 Å². The topological polar surface area (TPSA) is 147 Å². The number of ether oxygens (including phenoxy) is 2. The molecule has 0 heterocycles. The van der Waals surface area contributed by atoms with E-state index in [1.807, 2.05) is 6.07 Å². The van der Waals surface area contributed by atoms with Crippen LogP contribution < -0.4 is 25.0 Å². The highest BCUT2D eigenvalue weighted by atomic mass is 32.2. The molecule has 0 atom stereocenters. The number of nitrogens with one attached hydrogen (secondary N) is 3. The molecule has 0 aliphatic heterocycles. The van der Waals surface area contributed by atoms with Crippen LogP contribution in [0, 0.1) is 11.3 Å². The first kappa shape index (κ1) is 21.7. The Bertz CT molecular complexity index is 1020. The number of nitrogens with zero attached hydrogens (tertiary/aromatic N) is 1. The number of carbonyl (C=O) groups excluding carboxylic acids is 2. The van der Waals surface area contributed by atoms with Crippen molar-refractivity contribution in [1.82, 2.24) is 15.6 Å². The number of methoxy groups -OCH3 is 1. The van der Waals surface area contributed by atoms with Crippen molar-refractivity contribution >= 4 is 21.8 Å². The Hall–Kier alpha value is -3.62. The lowest BCUT2D eigenvalue weighted by Crippen LogP contribution is -2.47. The van der Waals surface area contributed by atoms with Gasteiger partial charge in [-0.15, -0.1) is 0 Å². The SMILES string of the molecule is COc1ccc(S(=O)(=O)NCC(=O)NNC(=O)COc2ccccc2C#N)cc1. The molecule has 0 saturated heterocycles. The molecule has 2 aromatic rings. The van der Waals surface area contributed by atoms with Gasteiger partial charge in [-0.25, -0.2) is 13.1 Å². The van der Waals surface area contributed by atoms with E-state index >= 15 is 0 Å². The van der Waals surface area contributed by atoms with E-state index in [1.165, 1.54) is 43.5 Å². The Labute approximate surface area is 167 Å². The maximum absolute atomic E-state index is 12.1. The predicted molar refractivity (Wildman–Crippen MR) is 101 cm³/mol. The van der Waals surface area contributed by atoms with Crippen molar-refractivity contribution in [3.63, 3.8) is 0 Å². The summed E-state index contributed by atoms with van der Waals surface area (Å²) in [6, 6.07) is 13.9. The van der Waals surface area contributed by atoms with Crippen LogP contribution in [0.4, 0.5) is 0 Å². The molecule has 2 rings (SSSR count). The van der Waals surface area contributed by atoms with Crippen molar-refractivity contribution in [1.29, 1.82) is 5.26 Å². The Morgan fingerprint density at radius 2 is 1.69 bits per heavy atom. The summed E-state index contributed by atoms with van der Waals surface area (Å²) >= 11 is 0. The summed E-state index contributed by atoms with van der Waals surface area (Å²) in [5.41, 5.74) is 4.40. The summed E-state index contributed by atoms with van der Waals surface area (Å²) < 4.78 is 36.5. The molecule has 2 amide bonds. The second kappa shape index (κ2) is 10.1. The molecule has 10 nitrogen and oxygen atoms in total. The number of hydrogen-bond acceptors (Lipinski definition) is 7. The number of para-hydroxylation sites is 1. The Kier molecular flexibility index (Phi) is 7.53. The second-order valence-corrected chi connectivity index (χ2v) is 7.26. The quantitative estimate of drug-likeness (QED) is 0.514. The van der Waals surface area contributed by atoms with Crippen LogP contribution in [0.2, 0.25) is 0 Å². The molecule has 0 aromatic heterocycles. The summed E-state index contributed by atoms with van der Waals surface area (Å²) in [6.45, 7) is -1.04. The number of hydrogen-bond donors (Lipinski definition) is 3. The lowest BCUT2D eigenvalue weighted by atomic mass is 10.2. The van der Waals surface area contributed by atoms with Gasteiger partial charge in [0.05, 0.1) is 24.1 Å². The maximum Gasteiger partial charge on any atom is 0.276 e. The zero-order chi connectivity index (χ0) is 21.3. The van der Waals surface area contributed by atoms with Gasteiger partial charge < -0.3 is 9.47 Å². The molecule has 152 valence electrons. The van der Waals surface area contributed by atoms with Crippen LogP contribution in [0.5, 0.6) is 11.5 Å². The van der Waals surface area contributed by atoms with Gasteiger partial charge in [0.15, 0.2) is 6.61 Å². The van der Waals surface area contributed by atoms with E-state index in [-0.39, 0.29) is 16.2 Å². The summed E-state index contributed by atoms with van der Waals surface area (Å²) in [7, 11) is -2.46. The summed E-state index contributed by atoms with van der Waals surface area (Å²) in [5.74, 6) is -0.760.